The molecule has 0 radical (unpaired) electrons. The summed E-state index contributed by atoms with van der Waals surface area (Å²) in [4.78, 5) is 12.4. The van der Waals surface area contributed by atoms with Gasteiger partial charge in [-0.3, -0.25) is 9.48 Å². The summed E-state index contributed by atoms with van der Waals surface area (Å²) in [5, 5.41) is 19.7. The van der Waals surface area contributed by atoms with Crippen LogP contribution >= 0.6 is 0 Å². The van der Waals surface area contributed by atoms with Crippen molar-refractivity contribution in [1.29, 1.82) is 5.26 Å². The third-order valence-corrected chi connectivity index (χ3v) is 4.12. The van der Waals surface area contributed by atoms with Crippen LogP contribution in [-0.4, -0.2) is 20.8 Å². The third-order valence-electron chi connectivity index (χ3n) is 4.12. The molecule has 0 unspecified atom stereocenters. The van der Waals surface area contributed by atoms with Crippen LogP contribution in [0, 0.1) is 11.3 Å². The van der Waals surface area contributed by atoms with E-state index in [1.807, 2.05) is 30.3 Å². The van der Waals surface area contributed by atoms with E-state index in [0.29, 0.717) is 23.6 Å². The van der Waals surface area contributed by atoms with E-state index in [-0.39, 0.29) is 11.6 Å². The quantitative estimate of drug-likeness (QED) is 0.578. The van der Waals surface area contributed by atoms with Gasteiger partial charge in [0.1, 0.15) is 0 Å². The fourth-order valence-electron chi connectivity index (χ4n) is 2.71. The fourth-order valence-corrected chi connectivity index (χ4v) is 2.71. The molecule has 136 valence electrons. The highest BCUT2D eigenvalue weighted by molar-refractivity contribution is 6.03. The Kier molecular flexibility index (Phi) is 4.68. The lowest BCUT2D eigenvalue weighted by atomic mass is 10.1. The molecule has 0 fully saturated rings. The first kappa shape index (κ1) is 17.2. The number of nitrogens with zero attached hydrogens (tertiary/aromatic N) is 4. The van der Waals surface area contributed by atoms with Gasteiger partial charge in [-0.15, -0.1) is 0 Å². The van der Waals surface area contributed by atoms with E-state index in [1.54, 1.807) is 47.4 Å². The van der Waals surface area contributed by atoms with Crippen molar-refractivity contribution < 1.29 is 9.32 Å². The van der Waals surface area contributed by atoms with Crippen molar-refractivity contribution in [2.45, 2.75) is 6.54 Å². The largest absolute Gasteiger partial charge is 0.355 e. The molecule has 0 aliphatic heterocycles. The smallest absolute Gasteiger partial charge is 0.277 e. The van der Waals surface area contributed by atoms with Gasteiger partial charge in [-0.2, -0.15) is 10.4 Å². The molecule has 4 rings (SSSR count). The fraction of sp³-hybridized carbons (Fsp3) is 0.0476. The van der Waals surface area contributed by atoms with Gasteiger partial charge in [0.05, 0.1) is 30.1 Å². The number of aromatic nitrogens is 3. The van der Waals surface area contributed by atoms with Gasteiger partial charge in [-0.05, 0) is 29.8 Å². The number of nitriles is 1. The van der Waals surface area contributed by atoms with E-state index in [1.165, 1.54) is 0 Å². The predicted octanol–water partition coefficient (Wildman–Crippen LogP) is 3.71. The van der Waals surface area contributed by atoms with E-state index in [2.05, 4.69) is 21.6 Å². The van der Waals surface area contributed by atoms with Crippen molar-refractivity contribution in [3.63, 3.8) is 0 Å². The molecule has 0 saturated heterocycles. The zero-order chi connectivity index (χ0) is 19.3. The van der Waals surface area contributed by atoms with Crippen LogP contribution < -0.4 is 5.32 Å². The zero-order valence-corrected chi connectivity index (χ0v) is 14.7. The highest BCUT2D eigenvalue weighted by Crippen LogP contribution is 2.21. The maximum atomic E-state index is 12.4. The Balaban J connectivity index is 1.43. The second-order valence-electron chi connectivity index (χ2n) is 6.13. The van der Waals surface area contributed by atoms with Gasteiger partial charge in [0, 0.05) is 17.8 Å². The first-order valence-electron chi connectivity index (χ1n) is 8.56. The Labute approximate surface area is 160 Å². The number of rotatable bonds is 5. The van der Waals surface area contributed by atoms with E-state index in [9.17, 15) is 4.79 Å². The molecule has 1 amide bonds. The number of nitrogens with one attached hydrogen (secondary N) is 1. The number of carbonyl (C=O) groups is 1. The van der Waals surface area contributed by atoms with E-state index in [4.69, 9.17) is 9.78 Å². The first-order chi connectivity index (χ1) is 13.7. The van der Waals surface area contributed by atoms with E-state index < -0.39 is 0 Å². The number of benzene rings is 2. The van der Waals surface area contributed by atoms with Crippen molar-refractivity contribution in [1.82, 2.24) is 14.9 Å². The summed E-state index contributed by atoms with van der Waals surface area (Å²) in [5.41, 5.74) is 3.14. The van der Waals surface area contributed by atoms with Crippen LogP contribution in [0.3, 0.4) is 0 Å². The van der Waals surface area contributed by atoms with Crippen LogP contribution in [0.15, 0.2) is 77.6 Å². The molecule has 2 aromatic carbocycles. The van der Waals surface area contributed by atoms with Gasteiger partial charge in [0.2, 0.25) is 0 Å². The Morgan fingerprint density at radius 1 is 1.14 bits per heavy atom. The summed E-state index contributed by atoms with van der Waals surface area (Å²) in [6.45, 7) is 0.615. The van der Waals surface area contributed by atoms with Crippen molar-refractivity contribution in [2.24, 2.45) is 0 Å². The van der Waals surface area contributed by atoms with Crippen LogP contribution in [-0.2, 0) is 6.54 Å². The highest BCUT2D eigenvalue weighted by Gasteiger charge is 2.15. The minimum Gasteiger partial charge on any atom is -0.355 e. The monoisotopic (exact) mass is 369 g/mol. The second kappa shape index (κ2) is 7.60. The molecule has 0 aliphatic carbocycles. The number of anilines is 1. The number of hydrogen-bond donors (Lipinski definition) is 1. The Bertz CT molecular complexity index is 1140. The standard InChI is InChI=1S/C21H15N5O2/c22-11-15-6-8-17(9-7-15)20-10-19(25-28-20)21(27)24-18-12-23-26(14-18)13-16-4-2-1-3-5-16/h1-10,12,14H,13H2,(H,24,27). The third kappa shape index (κ3) is 3.81. The van der Waals surface area contributed by atoms with Gasteiger partial charge in [0.25, 0.3) is 5.91 Å². The van der Waals surface area contributed by atoms with E-state index in [0.717, 1.165) is 11.1 Å². The number of carbonyl (C=O) groups excluding carboxylic acids is 1. The van der Waals surface area contributed by atoms with Crippen molar-refractivity contribution in [2.75, 3.05) is 5.32 Å². The lowest BCUT2D eigenvalue weighted by Crippen LogP contribution is -2.11. The molecule has 0 spiro atoms. The average molecular weight is 369 g/mol. The number of amides is 1. The lowest BCUT2D eigenvalue weighted by Gasteiger charge is -2.01. The molecule has 1 N–H and O–H groups in total. The topological polar surface area (TPSA) is 96.7 Å². The summed E-state index contributed by atoms with van der Waals surface area (Å²) in [6, 6.07) is 20.4. The average Bonchev–Trinajstić information content (AvgIpc) is 3.39. The van der Waals surface area contributed by atoms with Gasteiger partial charge >= 0.3 is 0 Å². The van der Waals surface area contributed by atoms with Crippen LogP contribution in [0.2, 0.25) is 0 Å². The maximum Gasteiger partial charge on any atom is 0.277 e. The summed E-state index contributed by atoms with van der Waals surface area (Å²) in [7, 11) is 0. The van der Waals surface area contributed by atoms with Crippen molar-refractivity contribution in [3.05, 3.63) is 89.9 Å². The van der Waals surface area contributed by atoms with Gasteiger partial charge < -0.3 is 9.84 Å². The molecule has 0 bridgehead atoms. The van der Waals surface area contributed by atoms with Gasteiger partial charge in [-0.1, -0.05) is 35.5 Å². The Hall–Kier alpha value is -4.18. The summed E-state index contributed by atoms with van der Waals surface area (Å²) >= 11 is 0. The Morgan fingerprint density at radius 3 is 2.68 bits per heavy atom. The molecule has 7 nitrogen and oxygen atoms in total. The van der Waals surface area contributed by atoms with Crippen LogP contribution in [0.4, 0.5) is 5.69 Å². The predicted molar refractivity (Wildman–Crippen MR) is 102 cm³/mol. The maximum absolute atomic E-state index is 12.4. The molecule has 0 aliphatic rings. The van der Waals surface area contributed by atoms with Gasteiger partial charge in [-0.25, -0.2) is 0 Å². The van der Waals surface area contributed by atoms with E-state index >= 15 is 0 Å². The lowest BCUT2D eigenvalue weighted by molar-refractivity contribution is 0.101. The minimum absolute atomic E-state index is 0.162. The van der Waals surface area contributed by atoms with Crippen molar-refractivity contribution in [3.8, 4) is 17.4 Å². The van der Waals surface area contributed by atoms with Crippen LogP contribution in [0.25, 0.3) is 11.3 Å². The molecule has 2 aromatic heterocycles. The van der Waals surface area contributed by atoms with Crippen LogP contribution in [0.5, 0.6) is 0 Å². The molecule has 0 saturated carbocycles. The Morgan fingerprint density at radius 2 is 1.93 bits per heavy atom. The van der Waals surface area contributed by atoms with Crippen LogP contribution in [0.1, 0.15) is 21.6 Å². The zero-order valence-electron chi connectivity index (χ0n) is 14.7. The molecule has 7 heteroatoms. The summed E-state index contributed by atoms with van der Waals surface area (Å²) in [6.07, 6.45) is 3.34. The highest BCUT2D eigenvalue weighted by atomic mass is 16.5. The SMILES string of the molecule is N#Cc1ccc(-c2cc(C(=O)Nc3cnn(Cc4ccccc4)c3)no2)cc1. The molecular formula is C21H15N5O2. The molecule has 28 heavy (non-hydrogen) atoms. The molecular weight excluding hydrogens is 354 g/mol. The summed E-state index contributed by atoms with van der Waals surface area (Å²) in [5.74, 6) is 0.0670. The molecule has 2 heterocycles. The van der Waals surface area contributed by atoms with Crippen molar-refractivity contribution >= 4 is 11.6 Å². The minimum atomic E-state index is -0.386. The van der Waals surface area contributed by atoms with Gasteiger partial charge in [0.15, 0.2) is 11.5 Å². The second-order valence-corrected chi connectivity index (χ2v) is 6.13. The molecule has 0 atom stereocenters. The summed E-state index contributed by atoms with van der Waals surface area (Å²) < 4.78 is 7.00. The first-order valence-corrected chi connectivity index (χ1v) is 8.56. The normalized spacial score (nSPS) is 10.4. The number of hydrogen-bond acceptors (Lipinski definition) is 5. The molecule has 4 aromatic rings.